The van der Waals surface area contributed by atoms with Crippen LogP contribution in [0.1, 0.15) is 23.7 Å². The number of ketones is 1. The van der Waals surface area contributed by atoms with E-state index in [0.29, 0.717) is 13.0 Å². The van der Waals surface area contributed by atoms with Crippen LogP contribution < -0.4 is 10.1 Å². The number of carbonyl (C=O) groups excluding carboxylic acids is 2. The third-order valence-electron chi connectivity index (χ3n) is 2.61. The lowest BCUT2D eigenvalue weighted by atomic mass is 9.99. The van der Waals surface area contributed by atoms with Crippen molar-refractivity contribution in [2.24, 2.45) is 5.92 Å². The van der Waals surface area contributed by atoms with Crippen LogP contribution in [0.25, 0.3) is 0 Å². The first-order valence-corrected chi connectivity index (χ1v) is 6.65. The van der Waals surface area contributed by atoms with E-state index in [1.165, 1.54) is 0 Å². The van der Waals surface area contributed by atoms with Crippen molar-refractivity contribution in [1.29, 1.82) is 5.26 Å². The van der Waals surface area contributed by atoms with Gasteiger partial charge >= 0.3 is 6.18 Å². The van der Waals surface area contributed by atoms with Gasteiger partial charge in [-0.05, 0) is 12.5 Å². The Balaban J connectivity index is 2.76. The molecule has 1 atom stereocenters. The summed E-state index contributed by atoms with van der Waals surface area (Å²) in [5, 5.41) is 11.4. The lowest BCUT2D eigenvalue weighted by Gasteiger charge is -2.10. The molecule has 1 aromatic rings. The molecule has 0 radical (unpaired) electrons. The number of amides is 1. The third-order valence-corrected chi connectivity index (χ3v) is 2.61. The van der Waals surface area contributed by atoms with Gasteiger partial charge in [0.25, 0.3) is 0 Å². The molecule has 0 aromatic carbocycles. The Hall–Kier alpha value is -2.63. The maximum Gasteiger partial charge on any atom is 0.422 e. The van der Waals surface area contributed by atoms with Crippen molar-refractivity contribution < 1.29 is 27.5 Å². The van der Waals surface area contributed by atoms with E-state index in [2.05, 4.69) is 15.0 Å². The van der Waals surface area contributed by atoms with E-state index in [1.807, 2.05) is 6.92 Å². The summed E-state index contributed by atoms with van der Waals surface area (Å²) in [6.45, 7) is 0.632. The number of nitrogens with one attached hydrogen (secondary N) is 1. The van der Waals surface area contributed by atoms with Gasteiger partial charge in [0.2, 0.25) is 11.8 Å². The second-order valence-corrected chi connectivity index (χ2v) is 4.51. The summed E-state index contributed by atoms with van der Waals surface area (Å²) in [5.74, 6) is -3.36. The number of hydrogen-bond donors (Lipinski definition) is 1. The van der Waals surface area contributed by atoms with Crippen molar-refractivity contribution >= 4 is 11.7 Å². The van der Waals surface area contributed by atoms with Crippen molar-refractivity contribution in [3.05, 3.63) is 23.9 Å². The normalized spacial score (nSPS) is 12.1. The zero-order valence-electron chi connectivity index (χ0n) is 12.2. The molecule has 0 saturated carbocycles. The van der Waals surface area contributed by atoms with E-state index < -0.39 is 30.4 Å². The first kappa shape index (κ1) is 18.4. The highest BCUT2D eigenvalue weighted by Crippen LogP contribution is 2.17. The first-order chi connectivity index (χ1) is 10.8. The molecule has 0 fully saturated rings. The lowest BCUT2D eigenvalue weighted by Crippen LogP contribution is -2.35. The Morgan fingerprint density at radius 1 is 1.43 bits per heavy atom. The fraction of sp³-hybridized carbons (Fsp3) is 0.429. The highest BCUT2D eigenvalue weighted by molar-refractivity contribution is 6.11. The first-order valence-electron chi connectivity index (χ1n) is 6.65. The highest BCUT2D eigenvalue weighted by atomic mass is 19.4. The molecule has 124 valence electrons. The van der Waals surface area contributed by atoms with Gasteiger partial charge in [-0.1, -0.05) is 6.92 Å². The van der Waals surface area contributed by atoms with E-state index in [1.54, 1.807) is 6.07 Å². The van der Waals surface area contributed by atoms with Crippen LogP contribution >= 0.6 is 0 Å². The molecule has 1 amide bonds. The predicted octanol–water partition coefficient (Wildman–Crippen LogP) is 1.87. The number of ether oxygens (including phenoxy) is 1. The topological polar surface area (TPSA) is 92.1 Å². The van der Waals surface area contributed by atoms with Gasteiger partial charge in [-0.25, -0.2) is 4.98 Å². The molecular weight excluding hydrogens is 315 g/mol. The summed E-state index contributed by atoms with van der Waals surface area (Å²) in [6, 6.07) is 3.82. The number of nitriles is 1. The van der Waals surface area contributed by atoms with Crippen LogP contribution in [0.3, 0.4) is 0 Å². The Morgan fingerprint density at radius 2 is 2.13 bits per heavy atom. The number of halogens is 3. The molecule has 23 heavy (non-hydrogen) atoms. The van der Waals surface area contributed by atoms with E-state index in [-0.39, 0.29) is 11.4 Å². The van der Waals surface area contributed by atoms with Crippen LogP contribution in [0.15, 0.2) is 18.3 Å². The molecule has 9 heteroatoms. The minimum absolute atomic E-state index is 0.0671. The van der Waals surface area contributed by atoms with Gasteiger partial charge in [0.15, 0.2) is 18.3 Å². The molecular formula is C14H14F3N3O3. The quantitative estimate of drug-likeness (QED) is 0.609. The van der Waals surface area contributed by atoms with Crippen LogP contribution in [-0.4, -0.2) is 36.0 Å². The second-order valence-electron chi connectivity index (χ2n) is 4.51. The van der Waals surface area contributed by atoms with Crippen LogP contribution in [-0.2, 0) is 4.79 Å². The highest BCUT2D eigenvalue weighted by Gasteiger charge is 2.29. The molecule has 1 N–H and O–H groups in total. The monoisotopic (exact) mass is 329 g/mol. The van der Waals surface area contributed by atoms with Crippen molar-refractivity contribution in [2.45, 2.75) is 19.5 Å². The average Bonchev–Trinajstić information content (AvgIpc) is 2.51. The summed E-state index contributed by atoms with van der Waals surface area (Å²) >= 11 is 0. The molecule has 0 aliphatic carbocycles. The van der Waals surface area contributed by atoms with Gasteiger partial charge in [-0.15, -0.1) is 0 Å². The summed E-state index contributed by atoms with van der Waals surface area (Å²) in [6.07, 6.45) is -2.89. The minimum atomic E-state index is -4.50. The molecule has 0 saturated heterocycles. The number of pyridine rings is 1. The fourth-order valence-corrected chi connectivity index (χ4v) is 1.52. The molecule has 1 aromatic heterocycles. The number of rotatable bonds is 7. The van der Waals surface area contributed by atoms with Gasteiger partial charge in [-0.2, -0.15) is 18.4 Å². The van der Waals surface area contributed by atoms with Crippen LogP contribution in [0, 0.1) is 17.2 Å². The number of Topliss-reactive ketones (excluding diaryl/α,β-unsaturated/α-hetero) is 1. The Labute approximate surface area is 130 Å². The SMILES string of the molecule is CCCNC(=O)C(C#N)C(=O)c1ccc(OCC(F)(F)F)nc1. The van der Waals surface area contributed by atoms with Gasteiger partial charge in [0, 0.05) is 24.4 Å². The lowest BCUT2D eigenvalue weighted by molar-refractivity contribution is -0.154. The Morgan fingerprint density at radius 3 is 2.61 bits per heavy atom. The molecule has 1 rings (SSSR count). The molecule has 0 aliphatic heterocycles. The molecule has 6 nitrogen and oxygen atoms in total. The number of alkyl halides is 3. The van der Waals surface area contributed by atoms with E-state index in [9.17, 15) is 22.8 Å². The Bertz CT molecular complexity index is 594. The van der Waals surface area contributed by atoms with Crippen molar-refractivity contribution in [1.82, 2.24) is 10.3 Å². The smallest absolute Gasteiger partial charge is 0.422 e. The van der Waals surface area contributed by atoms with Gasteiger partial charge < -0.3 is 10.1 Å². The van der Waals surface area contributed by atoms with Crippen LogP contribution in [0.5, 0.6) is 5.88 Å². The largest absolute Gasteiger partial charge is 0.468 e. The van der Waals surface area contributed by atoms with E-state index >= 15 is 0 Å². The van der Waals surface area contributed by atoms with E-state index in [4.69, 9.17) is 5.26 Å². The van der Waals surface area contributed by atoms with Crippen molar-refractivity contribution in [3.8, 4) is 11.9 Å². The maximum absolute atomic E-state index is 12.1. The van der Waals surface area contributed by atoms with Crippen molar-refractivity contribution in [3.63, 3.8) is 0 Å². The summed E-state index contributed by atoms with van der Waals surface area (Å²) in [7, 11) is 0. The van der Waals surface area contributed by atoms with Crippen LogP contribution in [0.4, 0.5) is 13.2 Å². The number of aromatic nitrogens is 1. The number of hydrogen-bond acceptors (Lipinski definition) is 5. The standard InChI is InChI=1S/C14H14F3N3O3/c1-2-5-19-13(22)10(6-18)12(21)9-3-4-11(20-7-9)23-8-14(15,16)17/h3-4,7,10H,2,5,8H2,1H3,(H,19,22). The fourth-order valence-electron chi connectivity index (χ4n) is 1.52. The third kappa shape index (κ3) is 5.94. The minimum Gasteiger partial charge on any atom is -0.468 e. The molecule has 0 aliphatic rings. The molecule has 0 spiro atoms. The van der Waals surface area contributed by atoms with Gasteiger partial charge in [0.05, 0.1) is 6.07 Å². The summed E-state index contributed by atoms with van der Waals surface area (Å²) < 4.78 is 40.4. The zero-order valence-corrected chi connectivity index (χ0v) is 12.2. The molecule has 1 heterocycles. The second kappa shape index (κ2) is 8.12. The van der Waals surface area contributed by atoms with Gasteiger partial charge in [0.1, 0.15) is 0 Å². The summed E-state index contributed by atoms with van der Waals surface area (Å²) in [5.41, 5.74) is -0.0671. The molecule has 1 unspecified atom stereocenters. The summed E-state index contributed by atoms with van der Waals surface area (Å²) in [4.78, 5) is 27.3. The zero-order chi connectivity index (χ0) is 17.5. The predicted molar refractivity (Wildman–Crippen MR) is 72.5 cm³/mol. The van der Waals surface area contributed by atoms with E-state index in [0.717, 1.165) is 18.3 Å². The molecule has 0 bridgehead atoms. The average molecular weight is 329 g/mol. The maximum atomic E-state index is 12.1. The Kier molecular flexibility index (Phi) is 6.50. The van der Waals surface area contributed by atoms with Crippen LogP contribution in [0.2, 0.25) is 0 Å². The van der Waals surface area contributed by atoms with Crippen molar-refractivity contribution in [2.75, 3.05) is 13.2 Å². The number of carbonyl (C=O) groups is 2. The number of nitrogens with zero attached hydrogens (tertiary/aromatic N) is 2. The van der Waals surface area contributed by atoms with Gasteiger partial charge in [-0.3, -0.25) is 9.59 Å².